The molecule has 26 heavy (non-hydrogen) atoms. The molecule has 7 heteroatoms. The van der Waals surface area contributed by atoms with E-state index in [1.807, 2.05) is 30.3 Å². The Hall–Kier alpha value is -2.80. The lowest BCUT2D eigenvalue weighted by atomic mass is 9.87. The molecule has 0 aliphatic carbocycles. The quantitative estimate of drug-likeness (QED) is 0.545. The molecule has 1 N–H and O–H groups in total. The molecule has 0 saturated carbocycles. The summed E-state index contributed by atoms with van der Waals surface area (Å²) in [4.78, 5) is 4.20. The third-order valence-electron chi connectivity index (χ3n) is 3.80. The SMILES string of the molecule is CC(C)(C)c1ccc(OCc2n[nH]c(=S)n2/N=C\c2ccccn2)cc1. The van der Waals surface area contributed by atoms with Gasteiger partial charge < -0.3 is 4.74 Å². The van der Waals surface area contributed by atoms with Gasteiger partial charge in [0.15, 0.2) is 5.82 Å². The summed E-state index contributed by atoms with van der Waals surface area (Å²) in [5, 5.41) is 11.3. The molecule has 134 valence electrons. The zero-order valence-electron chi connectivity index (χ0n) is 15.0. The van der Waals surface area contributed by atoms with E-state index >= 15 is 0 Å². The van der Waals surface area contributed by atoms with E-state index < -0.39 is 0 Å². The van der Waals surface area contributed by atoms with E-state index in [0.29, 0.717) is 10.6 Å². The van der Waals surface area contributed by atoms with E-state index in [1.165, 1.54) is 10.2 Å². The molecule has 2 heterocycles. The molecule has 0 amide bonds. The van der Waals surface area contributed by atoms with Crippen LogP contribution in [-0.2, 0) is 12.0 Å². The Morgan fingerprint density at radius 3 is 2.62 bits per heavy atom. The van der Waals surface area contributed by atoms with Gasteiger partial charge in [0.05, 0.1) is 11.9 Å². The molecule has 3 aromatic rings. The van der Waals surface area contributed by atoms with E-state index in [9.17, 15) is 0 Å². The molecule has 0 saturated heterocycles. The largest absolute Gasteiger partial charge is 0.486 e. The minimum absolute atomic E-state index is 0.112. The number of rotatable bonds is 5. The van der Waals surface area contributed by atoms with Gasteiger partial charge in [-0.1, -0.05) is 39.0 Å². The van der Waals surface area contributed by atoms with E-state index in [4.69, 9.17) is 17.0 Å². The lowest BCUT2D eigenvalue weighted by Crippen LogP contribution is -2.10. The van der Waals surface area contributed by atoms with Gasteiger partial charge in [0.25, 0.3) is 0 Å². The Morgan fingerprint density at radius 1 is 1.19 bits per heavy atom. The first-order valence-corrected chi connectivity index (χ1v) is 8.69. The van der Waals surface area contributed by atoms with Crippen molar-refractivity contribution in [2.75, 3.05) is 0 Å². The van der Waals surface area contributed by atoms with Crippen molar-refractivity contribution in [3.05, 3.63) is 70.5 Å². The summed E-state index contributed by atoms with van der Waals surface area (Å²) in [5.41, 5.74) is 2.11. The summed E-state index contributed by atoms with van der Waals surface area (Å²) >= 11 is 5.23. The first-order valence-electron chi connectivity index (χ1n) is 8.28. The molecular weight excluding hydrogens is 346 g/mol. The highest BCUT2D eigenvalue weighted by Gasteiger charge is 2.13. The normalized spacial score (nSPS) is 11.8. The van der Waals surface area contributed by atoms with Gasteiger partial charge in [-0.25, -0.2) is 5.10 Å². The van der Waals surface area contributed by atoms with Crippen LogP contribution >= 0.6 is 12.2 Å². The van der Waals surface area contributed by atoms with Crippen LogP contribution in [0.3, 0.4) is 0 Å². The molecule has 1 aromatic carbocycles. The predicted molar refractivity (Wildman–Crippen MR) is 104 cm³/mol. The molecule has 0 radical (unpaired) electrons. The highest BCUT2D eigenvalue weighted by molar-refractivity contribution is 7.71. The van der Waals surface area contributed by atoms with Crippen LogP contribution in [0, 0.1) is 4.77 Å². The molecular formula is C19H21N5OS. The minimum Gasteiger partial charge on any atom is -0.486 e. The van der Waals surface area contributed by atoms with Crippen molar-refractivity contribution in [1.82, 2.24) is 19.9 Å². The van der Waals surface area contributed by atoms with Crippen molar-refractivity contribution >= 4 is 18.4 Å². The molecule has 2 aromatic heterocycles. The fourth-order valence-corrected chi connectivity index (χ4v) is 2.50. The molecule has 0 aliphatic heterocycles. The number of hydrogen-bond donors (Lipinski definition) is 1. The van der Waals surface area contributed by atoms with Crippen LogP contribution in [0.4, 0.5) is 0 Å². The third kappa shape index (κ3) is 4.43. The van der Waals surface area contributed by atoms with Gasteiger partial charge in [-0.05, 0) is 47.5 Å². The summed E-state index contributed by atoms with van der Waals surface area (Å²) in [6.45, 7) is 6.79. The second-order valence-corrected chi connectivity index (χ2v) is 7.21. The van der Waals surface area contributed by atoms with Crippen LogP contribution < -0.4 is 4.74 Å². The highest BCUT2D eigenvalue weighted by Crippen LogP contribution is 2.24. The summed E-state index contributed by atoms with van der Waals surface area (Å²) < 4.78 is 7.76. The number of aromatic nitrogens is 4. The Kier molecular flexibility index (Phi) is 5.27. The van der Waals surface area contributed by atoms with Gasteiger partial charge in [-0.3, -0.25) is 4.98 Å². The van der Waals surface area contributed by atoms with E-state index in [-0.39, 0.29) is 12.0 Å². The Labute approximate surface area is 157 Å². The molecule has 0 fully saturated rings. The summed E-state index contributed by atoms with van der Waals surface area (Å²) in [5.74, 6) is 1.36. The van der Waals surface area contributed by atoms with Crippen molar-refractivity contribution in [3.8, 4) is 5.75 Å². The maximum Gasteiger partial charge on any atom is 0.216 e. The summed E-state index contributed by atoms with van der Waals surface area (Å²) in [7, 11) is 0. The molecule has 6 nitrogen and oxygen atoms in total. The average Bonchev–Trinajstić information content (AvgIpc) is 2.98. The Bertz CT molecular complexity index is 937. The van der Waals surface area contributed by atoms with Gasteiger partial charge in [0.2, 0.25) is 4.77 Å². The second kappa shape index (κ2) is 7.61. The van der Waals surface area contributed by atoms with Crippen LogP contribution in [0.15, 0.2) is 53.8 Å². The van der Waals surface area contributed by atoms with Crippen LogP contribution in [0.2, 0.25) is 0 Å². The number of aromatic amines is 1. The van der Waals surface area contributed by atoms with Crippen molar-refractivity contribution in [2.45, 2.75) is 32.8 Å². The summed E-state index contributed by atoms with van der Waals surface area (Å²) in [6.07, 6.45) is 3.34. The monoisotopic (exact) mass is 367 g/mol. The van der Waals surface area contributed by atoms with E-state index in [1.54, 1.807) is 12.4 Å². The summed E-state index contributed by atoms with van der Waals surface area (Å²) in [6, 6.07) is 13.7. The maximum atomic E-state index is 5.83. The van der Waals surface area contributed by atoms with E-state index in [0.717, 1.165) is 11.4 Å². The Balaban J connectivity index is 1.71. The highest BCUT2D eigenvalue weighted by atomic mass is 32.1. The van der Waals surface area contributed by atoms with Gasteiger partial charge in [-0.15, -0.1) is 0 Å². The number of benzene rings is 1. The van der Waals surface area contributed by atoms with Crippen LogP contribution in [0.5, 0.6) is 5.75 Å². The lowest BCUT2D eigenvalue weighted by Gasteiger charge is -2.19. The number of pyridine rings is 1. The van der Waals surface area contributed by atoms with Gasteiger partial charge in [0.1, 0.15) is 12.4 Å². The Morgan fingerprint density at radius 2 is 1.96 bits per heavy atom. The van der Waals surface area contributed by atoms with E-state index in [2.05, 4.69) is 53.2 Å². The van der Waals surface area contributed by atoms with Crippen molar-refractivity contribution in [2.24, 2.45) is 5.10 Å². The van der Waals surface area contributed by atoms with Crippen molar-refractivity contribution < 1.29 is 4.74 Å². The van der Waals surface area contributed by atoms with Gasteiger partial charge in [0, 0.05) is 6.20 Å². The number of nitrogens with zero attached hydrogens (tertiary/aromatic N) is 4. The second-order valence-electron chi connectivity index (χ2n) is 6.82. The van der Waals surface area contributed by atoms with Crippen LogP contribution in [0.1, 0.15) is 37.9 Å². The van der Waals surface area contributed by atoms with Crippen LogP contribution in [0.25, 0.3) is 0 Å². The van der Waals surface area contributed by atoms with Gasteiger partial charge >= 0.3 is 0 Å². The molecule has 0 spiro atoms. The average molecular weight is 367 g/mol. The molecule has 0 bridgehead atoms. The standard InChI is InChI=1S/C19H21N5OS/c1-19(2,3)14-7-9-16(10-8-14)25-13-17-22-23-18(26)24(17)21-12-15-6-4-5-11-20-15/h4-12H,13H2,1-3H3,(H,23,26)/b21-12-. The lowest BCUT2D eigenvalue weighted by molar-refractivity contribution is 0.290. The number of ether oxygens (including phenoxy) is 1. The first-order chi connectivity index (χ1) is 12.4. The minimum atomic E-state index is 0.112. The number of hydrogen-bond acceptors (Lipinski definition) is 5. The van der Waals surface area contributed by atoms with Crippen LogP contribution in [-0.4, -0.2) is 26.1 Å². The molecule has 0 unspecified atom stereocenters. The molecule has 3 rings (SSSR count). The predicted octanol–water partition coefficient (Wildman–Crippen LogP) is 4.09. The first kappa shape index (κ1) is 18.0. The number of H-pyrrole nitrogens is 1. The fourth-order valence-electron chi connectivity index (χ4n) is 2.31. The van der Waals surface area contributed by atoms with Crippen molar-refractivity contribution in [3.63, 3.8) is 0 Å². The smallest absolute Gasteiger partial charge is 0.216 e. The maximum absolute atomic E-state index is 5.83. The zero-order valence-corrected chi connectivity index (χ0v) is 15.8. The molecule has 0 aliphatic rings. The third-order valence-corrected chi connectivity index (χ3v) is 4.06. The van der Waals surface area contributed by atoms with Crippen molar-refractivity contribution in [1.29, 1.82) is 0 Å². The molecule has 0 atom stereocenters. The topological polar surface area (TPSA) is 68.1 Å². The van der Waals surface area contributed by atoms with Gasteiger partial charge in [-0.2, -0.15) is 14.9 Å². The number of nitrogens with one attached hydrogen (secondary N) is 1. The fraction of sp³-hybridized carbons (Fsp3) is 0.263. The zero-order chi connectivity index (χ0) is 18.6.